The van der Waals surface area contributed by atoms with Crippen LogP contribution in [-0.2, 0) is 11.3 Å². The van der Waals surface area contributed by atoms with Crippen LogP contribution in [0.15, 0.2) is 60.0 Å². The molecule has 2 aromatic carbocycles. The van der Waals surface area contributed by atoms with Crippen LogP contribution in [0.3, 0.4) is 0 Å². The molecule has 1 heterocycles. The van der Waals surface area contributed by atoms with Crippen molar-refractivity contribution in [2.75, 3.05) is 12.8 Å². The van der Waals surface area contributed by atoms with Crippen molar-refractivity contribution in [2.45, 2.75) is 25.2 Å². The van der Waals surface area contributed by atoms with Gasteiger partial charge in [-0.15, -0.1) is 10.2 Å². The van der Waals surface area contributed by atoms with Crippen LogP contribution in [0, 0.1) is 6.92 Å². The van der Waals surface area contributed by atoms with Crippen molar-refractivity contribution in [3.63, 3.8) is 0 Å². The van der Waals surface area contributed by atoms with Gasteiger partial charge in [0.05, 0.1) is 11.4 Å². The average molecular weight is 418 g/mol. The Morgan fingerprint density at radius 2 is 1.93 bits per heavy atom. The van der Waals surface area contributed by atoms with E-state index in [0.29, 0.717) is 11.7 Å². The van der Waals surface area contributed by atoms with E-state index in [1.54, 1.807) is 30.4 Å². The first-order valence-electron chi connectivity index (χ1n) is 8.80. The molecule has 3 rings (SSSR count). The molecule has 0 aliphatic carbocycles. The van der Waals surface area contributed by atoms with Crippen LogP contribution >= 0.6 is 11.8 Å². The number of nitrogens with zero attached hydrogens (tertiary/aromatic N) is 4. The lowest BCUT2D eigenvalue weighted by Gasteiger charge is -2.17. The van der Waals surface area contributed by atoms with E-state index in [1.807, 2.05) is 35.8 Å². The average Bonchev–Trinajstić information content (AvgIpc) is 3.16. The summed E-state index contributed by atoms with van der Waals surface area (Å²) in [5.41, 5.74) is 2.86. The van der Waals surface area contributed by atoms with E-state index in [4.69, 9.17) is 0 Å². The molecule has 29 heavy (non-hydrogen) atoms. The summed E-state index contributed by atoms with van der Waals surface area (Å²) in [4.78, 5) is 14.1. The Morgan fingerprint density at radius 3 is 2.62 bits per heavy atom. The second-order valence-corrected chi connectivity index (χ2v) is 7.27. The van der Waals surface area contributed by atoms with Crippen molar-refractivity contribution in [1.82, 2.24) is 19.7 Å². The summed E-state index contributed by atoms with van der Waals surface area (Å²) in [6.45, 7) is -0.497. The number of halogens is 2. The number of amides is 1. The Morgan fingerprint density at radius 1 is 1.21 bits per heavy atom. The van der Waals surface area contributed by atoms with Crippen LogP contribution in [0.4, 0.5) is 8.78 Å². The smallest absolute Gasteiger partial charge is 0.387 e. The Labute approximate surface area is 171 Å². The van der Waals surface area contributed by atoms with Gasteiger partial charge in [0.2, 0.25) is 5.91 Å². The molecule has 0 atom stereocenters. The third-order valence-corrected chi connectivity index (χ3v) is 5.14. The molecule has 152 valence electrons. The molecule has 1 amide bonds. The lowest BCUT2D eigenvalue weighted by molar-refractivity contribution is -0.127. The maximum atomic E-state index is 12.5. The minimum atomic E-state index is -2.86. The summed E-state index contributed by atoms with van der Waals surface area (Å²) in [5, 5.41) is 8.71. The third kappa shape index (κ3) is 5.54. The van der Waals surface area contributed by atoms with Gasteiger partial charge in [0.25, 0.3) is 0 Å². The van der Waals surface area contributed by atoms with E-state index in [0.717, 1.165) is 16.8 Å². The number of alkyl halides is 2. The van der Waals surface area contributed by atoms with Gasteiger partial charge in [-0.2, -0.15) is 8.78 Å². The quantitative estimate of drug-likeness (QED) is 0.519. The highest BCUT2D eigenvalue weighted by Crippen LogP contribution is 2.22. The van der Waals surface area contributed by atoms with Gasteiger partial charge in [-0.1, -0.05) is 42.1 Å². The third-order valence-electron chi connectivity index (χ3n) is 4.21. The number of para-hydroxylation sites is 1. The largest absolute Gasteiger partial charge is 0.435 e. The van der Waals surface area contributed by atoms with Gasteiger partial charge in [0.15, 0.2) is 5.16 Å². The molecule has 9 heteroatoms. The van der Waals surface area contributed by atoms with E-state index in [1.165, 1.54) is 23.9 Å². The highest BCUT2D eigenvalue weighted by molar-refractivity contribution is 7.99. The Bertz CT molecular complexity index is 963. The predicted octanol–water partition coefficient (Wildman–Crippen LogP) is 3.93. The van der Waals surface area contributed by atoms with Crippen LogP contribution in [0.2, 0.25) is 0 Å². The summed E-state index contributed by atoms with van der Waals surface area (Å²) in [6.07, 6.45) is 1.63. The first-order chi connectivity index (χ1) is 13.9. The molecule has 0 aliphatic rings. The fourth-order valence-electron chi connectivity index (χ4n) is 2.70. The van der Waals surface area contributed by atoms with Crippen molar-refractivity contribution in [1.29, 1.82) is 0 Å². The Balaban J connectivity index is 1.57. The molecule has 0 N–H and O–H groups in total. The molecular formula is C20H20F2N4O2S. The molecule has 0 saturated heterocycles. The van der Waals surface area contributed by atoms with E-state index >= 15 is 0 Å². The summed E-state index contributed by atoms with van der Waals surface area (Å²) >= 11 is 1.31. The molecule has 1 aromatic heterocycles. The molecule has 0 unspecified atom stereocenters. The number of carbonyl (C=O) groups excluding carboxylic acids is 1. The second-order valence-electron chi connectivity index (χ2n) is 6.33. The lowest BCUT2D eigenvalue weighted by Crippen LogP contribution is -2.27. The van der Waals surface area contributed by atoms with Crippen LogP contribution in [0.5, 0.6) is 5.75 Å². The van der Waals surface area contributed by atoms with Gasteiger partial charge in [0, 0.05) is 13.6 Å². The molecule has 0 saturated carbocycles. The number of benzene rings is 2. The topological polar surface area (TPSA) is 60.2 Å². The van der Waals surface area contributed by atoms with Crippen molar-refractivity contribution in [3.8, 4) is 11.4 Å². The minimum absolute atomic E-state index is 0.0813. The number of rotatable bonds is 8. The lowest BCUT2D eigenvalue weighted by atomic mass is 10.2. The fraction of sp³-hybridized carbons (Fsp3) is 0.250. The minimum Gasteiger partial charge on any atom is -0.435 e. The second kappa shape index (κ2) is 9.51. The zero-order valence-electron chi connectivity index (χ0n) is 16.0. The van der Waals surface area contributed by atoms with Gasteiger partial charge in [-0.25, -0.2) is 0 Å². The Kier molecular flexibility index (Phi) is 6.82. The number of aryl methyl sites for hydroxylation is 1. The fourth-order valence-corrected chi connectivity index (χ4v) is 3.56. The summed E-state index contributed by atoms with van der Waals surface area (Å²) in [7, 11) is 1.69. The van der Waals surface area contributed by atoms with Crippen LogP contribution in [-0.4, -0.2) is 45.0 Å². The van der Waals surface area contributed by atoms with Crippen molar-refractivity contribution < 1.29 is 18.3 Å². The highest BCUT2D eigenvalue weighted by atomic mass is 32.2. The molecule has 3 aromatic rings. The number of thioether (sulfide) groups is 1. The summed E-state index contributed by atoms with van der Waals surface area (Å²) < 4.78 is 30.6. The van der Waals surface area contributed by atoms with Crippen molar-refractivity contribution in [3.05, 3.63) is 66.0 Å². The highest BCUT2D eigenvalue weighted by Gasteiger charge is 2.14. The molecule has 0 bridgehead atoms. The number of carbonyl (C=O) groups is 1. The number of hydrogen-bond acceptors (Lipinski definition) is 5. The van der Waals surface area contributed by atoms with Gasteiger partial charge < -0.3 is 9.64 Å². The van der Waals surface area contributed by atoms with Gasteiger partial charge in [-0.3, -0.25) is 9.36 Å². The zero-order chi connectivity index (χ0) is 20.8. The predicted molar refractivity (Wildman–Crippen MR) is 106 cm³/mol. The van der Waals surface area contributed by atoms with Crippen molar-refractivity contribution >= 4 is 17.7 Å². The van der Waals surface area contributed by atoms with Gasteiger partial charge in [-0.05, 0) is 36.2 Å². The van der Waals surface area contributed by atoms with Gasteiger partial charge >= 0.3 is 6.61 Å². The van der Waals surface area contributed by atoms with Gasteiger partial charge in [0.1, 0.15) is 12.1 Å². The van der Waals surface area contributed by atoms with E-state index < -0.39 is 6.61 Å². The molecule has 0 radical (unpaired) electrons. The van der Waals surface area contributed by atoms with E-state index in [9.17, 15) is 13.6 Å². The number of aromatic nitrogens is 3. The molecule has 6 nitrogen and oxygen atoms in total. The molecular weight excluding hydrogens is 398 g/mol. The maximum absolute atomic E-state index is 12.5. The zero-order valence-corrected chi connectivity index (χ0v) is 16.8. The normalized spacial score (nSPS) is 10.9. The molecule has 0 spiro atoms. The SMILES string of the molecule is Cc1ccccc1-n1cnnc1SCC(=O)N(C)Cc1ccc(OC(F)F)cc1. The van der Waals surface area contributed by atoms with Crippen LogP contribution in [0.1, 0.15) is 11.1 Å². The molecule has 0 aliphatic heterocycles. The number of ether oxygens (including phenoxy) is 1. The van der Waals surface area contributed by atoms with E-state index in [-0.39, 0.29) is 17.4 Å². The monoisotopic (exact) mass is 418 g/mol. The first-order valence-corrected chi connectivity index (χ1v) is 9.79. The van der Waals surface area contributed by atoms with Crippen LogP contribution < -0.4 is 4.74 Å². The maximum Gasteiger partial charge on any atom is 0.387 e. The van der Waals surface area contributed by atoms with Crippen molar-refractivity contribution in [2.24, 2.45) is 0 Å². The Hall–Kier alpha value is -2.94. The standard InChI is InChI=1S/C20H20F2N4O2S/c1-14-5-3-4-6-17(14)26-13-23-24-20(26)29-12-18(27)25(2)11-15-7-9-16(10-8-15)28-19(21)22/h3-10,13,19H,11-12H2,1-2H3. The number of hydrogen-bond donors (Lipinski definition) is 0. The summed E-state index contributed by atoms with van der Waals surface area (Å²) in [6, 6.07) is 14.1. The first kappa shape index (κ1) is 20.8. The summed E-state index contributed by atoms with van der Waals surface area (Å²) in [5.74, 6) is 0.208. The molecule has 0 fully saturated rings. The van der Waals surface area contributed by atoms with Crippen LogP contribution in [0.25, 0.3) is 5.69 Å². The van der Waals surface area contributed by atoms with E-state index in [2.05, 4.69) is 14.9 Å².